The number of carbonyl (C=O) groups is 1. The van der Waals surface area contributed by atoms with Crippen molar-refractivity contribution < 1.29 is 9.21 Å². The summed E-state index contributed by atoms with van der Waals surface area (Å²) in [4.78, 5) is 22.3. The Morgan fingerprint density at radius 1 is 1.36 bits per heavy atom. The molecule has 1 saturated heterocycles. The predicted octanol–water partition coefficient (Wildman–Crippen LogP) is 1.71. The van der Waals surface area contributed by atoms with Gasteiger partial charge in [0, 0.05) is 31.0 Å². The Bertz CT molecular complexity index is 577. The standard InChI is InChI=1S/C16H20N4O2/c21-16(15-10-17-4-5-18-15)19-9-13-1-6-20(7-2-13)11-14-3-8-22-12-14/h3-5,8,10,12-13H,1-2,6-7,9,11H2,(H,19,21). The number of hydrogen-bond donors (Lipinski definition) is 1. The van der Waals surface area contributed by atoms with E-state index in [1.54, 1.807) is 18.7 Å². The molecule has 0 spiro atoms. The molecule has 1 aliphatic heterocycles. The average molecular weight is 300 g/mol. The topological polar surface area (TPSA) is 71.3 Å². The van der Waals surface area contributed by atoms with E-state index in [4.69, 9.17) is 4.42 Å². The summed E-state index contributed by atoms with van der Waals surface area (Å²) in [5.41, 5.74) is 1.59. The highest BCUT2D eigenvalue weighted by Crippen LogP contribution is 2.18. The fourth-order valence-electron chi connectivity index (χ4n) is 2.73. The van der Waals surface area contributed by atoms with Crippen LogP contribution in [0, 0.1) is 5.92 Å². The van der Waals surface area contributed by atoms with Crippen LogP contribution in [0.5, 0.6) is 0 Å². The van der Waals surface area contributed by atoms with Crippen LogP contribution in [-0.4, -0.2) is 40.4 Å². The third-order valence-electron chi connectivity index (χ3n) is 4.04. The minimum atomic E-state index is -0.145. The number of hydrogen-bond acceptors (Lipinski definition) is 5. The lowest BCUT2D eigenvalue weighted by atomic mass is 9.96. The Balaban J connectivity index is 1.40. The first kappa shape index (κ1) is 14.7. The van der Waals surface area contributed by atoms with Gasteiger partial charge in [0.1, 0.15) is 5.69 Å². The normalized spacial score (nSPS) is 16.5. The second-order valence-electron chi connectivity index (χ2n) is 5.65. The van der Waals surface area contributed by atoms with E-state index in [1.165, 1.54) is 18.0 Å². The first-order chi connectivity index (χ1) is 10.8. The summed E-state index contributed by atoms with van der Waals surface area (Å²) >= 11 is 0. The largest absolute Gasteiger partial charge is 0.472 e. The molecule has 0 radical (unpaired) electrons. The van der Waals surface area contributed by atoms with E-state index in [0.29, 0.717) is 18.2 Å². The Hall–Kier alpha value is -2.21. The SMILES string of the molecule is O=C(NCC1CCN(Cc2ccoc2)CC1)c1cnccn1. The average Bonchev–Trinajstić information content (AvgIpc) is 3.08. The van der Waals surface area contributed by atoms with Gasteiger partial charge in [0.15, 0.2) is 0 Å². The lowest BCUT2D eigenvalue weighted by Gasteiger charge is -2.31. The van der Waals surface area contributed by atoms with E-state index in [1.807, 2.05) is 6.07 Å². The van der Waals surface area contributed by atoms with Gasteiger partial charge < -0.3 is 9.73 Å². The fraction of sp³-hybridized carbons (Fsp3) is 0.438. The van der Waals surface area contributed by atoms with Gasteiger partial charge in [-0.2, -0.15) is 0 Å². The Kier molecular flexibility index (Phi) is 4.80. The molecule has 0 saturated carbocycles. The zero-order valence-corrected chi connectivity index (χ0v) is 12.4. The van der Waals surface area contributed by atoms with Crippen molar-refractivity contribution in [1.29, 1.82) is 0 Å². The molecule has 3 rings (SSSR count). The first-order valence-corrected chi connectivity index (χ1v) is 7.59. The molecular weight excluding hydrogens is 280 g/mol. The Morgan fingerprint density at radius 3 is 2.91 bits per heavy atom. The molecular formula is C16H20N4O2. The van der Waals surface area contributed by atoms with Crippen molar-refractivity contribution >= 4 is 5.91 Å². The van der Waals surface area contributed by atoms with Crippen molar-refractivity contribution in [3.05, 3.63) is 48.4 Å². The number of furan rings is 1. The summed E-state index contributed by atoms with van der Waals surface area (Å²) in [6.45, 7) is 3.75. The van der Waals surface area contributed by atoms with Gasteiger partial charge in [-0.05, 0) is 37.9 Å². The number of aromatic nitrogens is 2. The van der Waals surface area contributed by atoms with Gasteiger partial charge in [-0.1, -0.05) is 0 Å². The van der Waals surface area contributed by atoms with E-state index in [-0.39, 0.29) is 5.91 Å². The summed E-state index contributed by atoms with van der Waals surface area (Å²) in [6, 6.07) is 2.01. The molecule has 0 unspecified atom stereocenters. The summed E-state index contributed by atoms with van der Waals surface area (Å²) in [5.74, 6) is 0.384. The molecule has 0 aliphatic carbocycles. The summed E-state index contributed by atoms with van der Waals surface area (Å²) in [5, 5.41) is 2.95. The van der Waals surface area contributed by atoms with E-state index in [2.05, 4.69) is 20.2 Å². The van der Waals surface area contributed by atoms with Crippen LogP contribution in [0.4, 0.5) is 0 Å². The zero-order chi connectivity index (χ0) is 15.2. The number of carbonyl (C=O) groups excluding carboxylic acids is 1. The maximum Gasteiger partial charge on any atom is 0.271 e. The molecule has 0 aromatic carbocycles. The molecule has 1 N–H and O–H groups in total. The minimum absolute atomic E-state index is 0.145. The second-order valence-corrected chi connectivity index (χ2v) is 5.65. The van der Waals surface area contributed by atoms with Gasteiger partial charge in [-0.25, -0.2) is 4.98 Å². The van der Waals surface area contributed by atoms with E-state index >= 15 is 0 Å². The van der Waals surface area contributed by atoms with Gasteiger partial charge >= 0.3 is 0 Å². The summed E-state index contributed by atoms with van der Waals surface area (Å²) in [7, 11) is 0. The highest BCUT2D eigenvalue weighted by Gasteiger charge is 2.20. The third kappa shape index (κ3) is 3.92. The first-order valence-electron chi connectivity index (χ1n) is 7.59. The van der Waals surface area contributed by atoms with Crippen molar-refractivity contribution in [3.63, 3.8) is 0 Å². The van der Waals surface area contributed by atoms with Crippen LogP contribution >= 0.6 is 0 Å². The molecule has 1 fully saturated rings. The molecule has 3 heterocycles. The summed E-state index contributed by atoms with van der Waals surface area (Å²) in [6.07, 6.45) is 10.3. The van der Waals surface area contributed by atoms with Crippen molar-refractivity contribution in [3.8, 4) is 0 Å². The molecule has 1 amide bonds. The molecule has 1 aliphatic rings. The highest BCUT2D eigenvalue weighted by atomic mass is 16.3. The molecule has 2 aromatic heterocycles. The van der Waals surface area contributed by atoms with Crippen LogP contribution in [0.3, 0.4) is 0 Å². The number of amides is 1. The van der Waals surface area contributed by atoms with Crippen LogP contribution in [-0.2, 0) is 6.54 Å². The van der Waals surface area contributed by atoms with Gasteiger partial charge in [0.25, 0.3) is 5.91 Å². The van der Waals surface area contributed by atoms with Crippen LogP contribution < -0.4 is 5.32 Å². The van der Waals surface area contributed by atoms with Crippen LogP contribution in [0.25, 0.3) is 0 Å². The molecule has 116 valence electrons. The Morgan fingerprint density at radius 2 is 2.23 bits per heavy atom. The van der Waals surface area contributed by atoms with Crippen LogP contribution in [0.2, 0.25) is 0 Å². The molecule has 2 aromatic rings. The van der Waals surface area contributed by atoms with Crippen molar-refractivity contribution in [2.75, 3.05) is 19.6 Å². The zero-order valence-electron chi connectivity index (χ0n) is 12.4. The number of likely N-dealkylation sites (tertiary alicyclic amines) is 1. The number of piperidine rings is 1. The molecule has 22 heavy (non-hydrogen) atoms. The number of nitrogens with zero attached hydrogens (tertiary/aromatic N) is 3. The number of rotatable bonds is 5. The third-order valence-corrected chi connectivity index (χ3v) is 4.04. The van der Waals surface area contributed by atoms with Gasteiger partial charge in [-0.15, -0.1) is 0 Å². The molecule has 0 atom stereocenters. The van der Waals surface area contributed by atoms with Crippen LogP contribution in [0.15, 0.2) is 41.6 Å². The second kappa shape index (κ2) is 7.17. The highest BCUT2D eigenvalue weighted by molar-refractivity contribution is 5.91. The van der Waals surface area contributed by atoms with Gasteiger partial charge in [-0.3, -0.25) is 14.7 Å². The molecule has 0 bridgehead atoms. The molecule has 6 nitrogen and oxygen atoms in total. The lowest BCUT2D eigenvalue weighted by molar-refractivity contribution is 0.0930. The summed E-state index contributed by atoms with van der Waals surface area (Å²) < 4.78 is 5.10. The maximum atomic E-state index is 11.9. The Labute approximate surface area is 129 Å². The smallest absolute Gasteiger partial charge is 0.271 e. The molecule has 6 heteroatoms. The van der Waals surface area contributed by atoms with E-state index < -0.39 is 0 Å². The predicted molar refractivity (Wildman–Crippen MR) is 81.1 cm³/mol. The van der Waals surface area contributed by atoms with Crippen molar-refractivity contribution in [2.24, 2.45) is 5.92 Å². The minimum Gasteiger partial charge on any atom is -0.472 e. The number of nitrogens with one attached hydrogen (secondary N) is 1. The quantitative estimate of drug-likeness (QED) is 0.910. The van der Waals surface area contributed by atoms with Gasteiger partial charge in [0.2, 0.25) is 0 Å². The fourth-order valence-corrected chi connectivity index (χ4v) is 2.73. The van der Waals surface area contributed by atoms with E-state index in [0.717, 1.165) is 32.5 Å². The lowest BCUT2D eigenvalue weighted by Crippen LogP contribution is -2.38. The van der Waals surface area contributed by atoms with Gasteiger partial charge in [0.05, 0.1) is 18.7 Å². The maximum absolute atomic E-state index is 11.9. The van der Waals surface area contributed by atoms with E-state index in [9.17, 15) is 4.79 Å². The van der Waals surface area contributed by atoms with Crippen molar-refractivity contribution in [2.45, 2.75) is 19.4 Å². The van der Waals surface area contributed by atoms with Crippen molar-refractivity contribution in [1.82, 2.24) is 20.2 Å². The van der Waals surface area contributed by atoms with Crippen LogP contribution in [0.1, 0.15) is 28.9 Å². The monoisotopic (exact) mass is 300 g/mol.